The van der Waals surface area contributed by atoms with Gasteiger partial charge in [0.25, 0.3) is 10.0 Å². The number of hydrogen-bond acceptors (Lipinski definition) is 6. The lowest BCUT2D eigenvalue weighted by Gasteiger charge is -1.99. The number of sulfonamides is 1. The van der Waals surface area contributed by atoms with Gasteiger partial charge >= 0.3 is 5.97 Å². The number of carbonyl (C=O) groups excluding carboxylic acids is 1. The predicted molar refractivity (Wildman–Crippen MR) is 58.9 cm³/mol. The number of rotatable bonds is 5. The monoisotopic (exact) mass is 264 g/mol. The summed E-state index contributed by atoms with van der Waals surface area (Å²) in [6.07, 6.45) is 0. The average molecular weight is 264 g/mol. The molecule has 6 nitrogen and oxygen atoms in total. The number of hydrogen-bond donors (Lipinski definition) is 1. The summed E-state index contributed by atoms with van der Waals surface area (Å²) in [5, 5.41) is 1.36. The van der Waals surface area contributed by atoms with E-state index in [0.29, 0.717) is 0 Å². The van der Waals surface area contributed by atoms with E-state index in [1.54, 1.807) is 13.8 Å². The molecule has 0 aliphatic rings. The highest BCUT2D eigenvalue weighted by molar-refractivity contribution is 7.91. The molecule has 1 aromatic heterocycles. The van der Waals surface area contributed by atoms with E-state index in [1.807, 2.05) is 0 Å². The standard InChI is InChI=1S/C8H12N2O4S2/c1-3-9-16(12,13)8-10-6(5-15-8)7(11)14-4-2/h5,9H,3-4H2,1-2H3. The van der Waals surface area contributed by atoms with Crippen LogP contribution in [0.3, 0.4) is 0 Å². The summed E-state index contributed by atoms with van der Waals surface area (Å²) in [7, 11) is -3.59. The molecule has 0 fully saturated rings. The second-order valence-corrected chi connectivity index (χ2v) is 5.52. The van der Waals surface area contributed by atoms with Crippen LogP contribution in [0.5, 0.6) is 0 Å². The van der Waals surface area contributed by atoms with E-state index >= 15 is 0 Å². The van der Waals surface area contributed by atoms with Gasteiger partial charge in [-0.05, 0) is 6.92 Å². The van der Waals surface area contributed by atoms with Crippen molar-refractivity contribution >= 4 is 27.3 Å². The minimum absolute atomic E-state index is 0.0170. The number of aromatic nitrogens is 1. The first-order valence-corrected chi connectivity index (χ1v) is 6.99. The summed E-state index contributed by atoms with van der Waals surface area (Å²) in [5.74, 6) is -0.614. The fraction of sp³-hybridized carbons (Fsp3) is 0.500. The van der Waals surface area contributed by atoms with E-state index < -0.39 is 16.0 Å². The topological polar surface area (TPSA) is 85.4 Å². The van der Waals surface area contributed by atoms with Gasteiger partial charge in [-0.25, -0.2) is 22.9 Å². The fourth-order valence-electron chi connectivity index (χ4n) is 0.931. The van der Waals surface area contributed by atoms with Crippen LogP contribution < -0.4 is 4.72 Å². The van der Waals surface area contributed by atoms with Crippen molar-refractivity contribution in [3.63, 3.8) is 0 Å². The van der Waals surface area contributed by atoms with Crippen LogP contribution in [-0.2, 0) is 14.8 Å². The Bertz CT molecular complexity index is 466. The molecule has 0 atom stereocenters. The summed E-state index contributed by atoms with van der Waals surface area (Å²) < 4.78 is 29.9. The summed E-state index contributed by atoms with van der Waals surface area (Å²) in [5.41, 5.74) is 0.0170. The Morgan fingerprint density at radius 1 is 1.56 bits per heavy atom. The van der Waals surface area contributed by atoms with E-state index in [9.17, 15) is 13.2 Å². The molecule has 1 heterocycles. The van der Waals surface area contributed by atoms with Crippen LogP contribution >= 0.6 is 11.3 Å². The molecule has 0 radical (unpaired) electrons. The lowest BCUT2D eigenvalue weighted by atomic mass is 10.5. The average Bonchev–Trinajstić information content (AvgIpc) is 2.67. The highest BCUT2D eigenvalue weighted by Crippen LogP contribution is 2.15. The molecule has 1 aromatic rings. The second kappa shape index (κ2) is 5.37. The van der Waals surface area contributed by atoms with Crippen molar-refractivity contribution in [2.24, 2.45) is 0 Å². The van der Waals surface area contributed by atoms with Gasteiger partial charge < -0.3 is 4.74 Å². The zero-order valence-electron chi connectivity index (χ0n) is 8.89. The summed E-state index contributed by atoms with van der Waals surface area (Å²) >= 11 is 0.888. The summed E-state index contributed by atoms with van der Waals surface area (Å²) in [6.45, 7) is 3.83. The number of nitrogens with one attached hydrogen (secondary N) is 1. The first-order valence-electron chi connectivity index (χ1n) is 4.63. The third kappa shape index (κ3) is 3.00. The maximum Gasteiger partial charge on any atom is 0.357 e. The molecule has 0 aromatic carbocycles. The molecule has 0 saturated heterocycles. The molecule has 1 rings (SSSR count). The Hall–Kier alpha value is -0.990. The first kappa shape index (κ1) is 13.1. The molecule has 90 valence electrons. The third-order valence-corrected chi connectivity index (χ3v) is 4.33. The van der Waals surface area contributed by atoms with Crippen molar-refractivity contribution in [1.29, 1.82) is 0 Å². The Morgan fingerprint density at radius 3 is 2.81 bits per heavy atom. The Kier molecular flexibility index (Phi) is 4.39. The molecule has 0 saturated carbocycles. The Balaban J connectivity index is 2.91. The molecule has 0 aliphatic carbocycles. The largest absolute Gasteiger partial charge is 0.461 e. The number of ether oxygens (including phenoxy) is 1. The van der Waals surface area contributed by atoms with Crippen molar-refractivity contribution < 1.29 is 17.9 Å². The van der Waals surface area contributed by atoms with E-state index in [-0.39, 0.29) is 23.2 Å². The highest BCUT2D eigenvalue weighted by Gasteiger charge is 2.20. The Morgan fingerprint density at radius 2 is 2.25 bits per heavy atom. The molecule has 16 heavy (non-hydrogen) atoms. The number of esters is 1. The summed E-state index contributed by atoms with van der Waals surface area (Å²) in [6, 6.07) is 0. The molecule has 0 bridgehead atoms. The molecular formula is C8H12N2O4S2. The first-order chi connectivity index (χ1) is 7.51. The van der Waals surface area contributed by atoms with Crippen LogP contribution in [0.1, 0.15) is 24.3 Å². The van der Waals surface area contributed by atoms with E-state index in [4.69, 9.17) is 4.74 Å². The van der Waals surface area contributed by atoms with Gasteiger partial charge in [0.2, 0.25) is 4.34 Å². The lowest BCUT2D eigenvalue weighted by Crippen LogP contribution is -2.23. The zero-order valence-corrected chi connectivity index (χ0v) is 10.5. The minimum atomic E-state index is -3.59. The molecule has 0 unspecified atom stereocenters. The van der Waals surface area contributed by atoms with Gasteiger partial charge in [-0.2, -0.15) is 0 Å². The summed E-state index contributed by atoms with van der Waals surface area (Å²) in [4.78, 5) is 15.0. The fourth-order valence-corrected chi connectivity index (χ4v) is 2.99. The van der Waals surface area contributed by atoms with Gasteiger partial charge in [0.05, 0.1) is 6.61 Å². The second-order valence-electron chi connectivity index (χ2n) is 2.72. The molecular weight excluding hydrogens is 252 g/mol. The Labute approximate surface area is 97.7 Å². The SMILES string of the molecule is CCNS(=O)(=O)c1nc(C(=O)OCC)cs1. The van der Waals surface area contributed by atoms with E-state index in [1.165, 1.54) is 5.38 Å². The van der Waals surface area contributed by atoms with Gasteiger partial charge in [-0.3, -0.25) is 0 Å². The lowest BCUT2D eigenvalue weighted by molar-refractivity contribution is 0.0520. The third-order valence-electron chi connectivity index (χ3n) is 1.53. The van der Waals surface area contributed by atoms with Gasteiger partial charge in [0.1, 0.15) is 0 Å². The molecule has 0 amide bonds. The van der Waals surface area contributed by atoms with Crippen LogP contribution in [-0.4, -0.2) is 32.5 Å². The van der Waals surface area contributed by atoms with Gasteiger partial charge in [0.15, 0.2) is 5.69 Å². The van der Waals surface area contributed by atoms with E-state index in [2.05, 4.69) is 9.71 Å². The van der Waals surface area contributed by atoms with Gasteiger partial charge in [-0.15, -0.1) is 11.3 Å². The molecule has 0 spiro atoms. The highest BCUT2D eigenvalue weighted by atomic mass is 32.2. The maximum absolute atomic E-state index is 11.5. The van der Waals surface area contributed by atoms with E-state index in [0.717, 1.165) is 11.3 Å². The van der Waals surface area contributed by atoms with Crippen molar-refractivity contribution in [1.82, 2.24) is 9.71 Å². The number of carbonyl (C=O) groups is 1. The number of nitrogens with zero attached hydrogens (tertiary/aromatic N) is 1. The normalized spacial score (nSPS) is 11.4. The smallest absolute Gasteiger partial charge is 0.357 e. The van der Waals surface area contributed by atoms with Crippen LogP contribution in [0.4, 0.5) is 0 Å². The number of thiazole rings is 1. The van der Waals surface area contributed by atoms with Crippen LogP contribution in [0, 0.1) is 0 Å². The van der Waals surface area contributed by atoms with Crippen molar-refractivity contribution in [3.05, 3.63) is 11.1 Å². The zero-order chi connectivity index (χ0) is 12.2. The molecule has 1 N–H and O–H groups in total. The molecule has 8 heteroatoms. The van der Waals surface area contributed by atoms with Crippen LogP contribution in [0.2, 0.25) is 0 Å². The van der Waals surface area contributed by atoms with Gasteiger partial charge in [-0.1, -0.05) is 6.92 Å². The van der Waals surface area contributed by atoms with Crippen molar-refractivity contribution in [2.45, 2.75) is 18.2 Å². The predicted octanol–water partition coefficient (Wildman–Crippen LogP) is 0.618. The quantitative estimate of drug-likeness (QED) is 0.788. The maximum atomic E-state index is 11.5. The van der Waals surface area contributed by atoms with Crippen LogP contribution in [0.15, 0.2) is 9.72 Å². The minimum Gasteiger partial charge on any atom is -0.461 e. The molecule has 0 aliphatic heterocycles. The van der Waals surface area contributed by atoms with Crippen LogP contribution in [0.25, 0.3) is 0 Å². The van der Waals surface area contributed by atoms with Crippen molar-refractivity contribution in [2.75, 3.05) is 13.2 Å². The van der Waals surface area contributed by atoms with Crippen molar-refractivity contribution in [3.8, 4) is 0 Å². The van der Waals surface area contributed by atoms with Gasteiger partial charge in [0, 0.05) is 11.9 Å².